The van der Waals surface area contributed by atoms with Gasteiger partial charge in [0.25, 0.3) is 0 Å². The Morgan fingerprint density at radius 3 is 3.00 bits per heavy atom. The van der Waals surface area contributed by atoms with Crippen molar-refractivity contribution in [3.8, 4) is 0 Å². The van der Waals surface area contributed by atoms with Crippen molar-refractivity contribution in [3.63, 3.8) is 0 Å². The summed E-state index contributed by atoms with van der Waals surface area (Å²) in [6, 6.07) is 0. The number of rotatable bonds is 2. The van der Waals surface area contributed by atoms with Crippen molar-refractivity contribution in [1.82, 2.24) is 29.7 Å². The highest BCUT2D eigenvalue weighted by molar-refractivity contribution is 5.81. The summed E-state index contributed by atoms with van der Waals surface area (Å²) in [4.78, 5) is 12.3. The molecule has 0 aliphatic heterocycles. The number of nitrogens with one attached hydrogen (secondary N) is 1. The van der Waals surface area contributed by atoms with E-state index in [-0.39, 0.29) is 0 Å². The summed E-state index contributed by atoms with van der Waals surface area (Å²) in [5.74, 6) is 0.401. The normalized spacial score (nSPS) is 11.1. The van der Waals surface area contributed by atoms with Crippen LogP contribution < -0.4 is 5.73 Å². The Bertz CT molecular complexity index is 666. The van der Waals surface area contributed by atoms with E-state index in [1.807, 2.05) is 11.5 Å². The van der Waals surface area contributed by atoms with Gasteiger partial charge in [0.15, 0.2) is 11.5 Å². The van der Waals surface area contributed by atoms with Crippen molar-refractivity contribution in [2.45, 2.75) is 13.5 Å². The number of aromatic amines is 1. The Kier molecular flexibility index (Phi) is 2.04. The maximum Gasteiger partial charge on any atom is 0.165 e. The minimum Gasteiger partial charge on any atom is -0.382 e. The highest BCUT2D eigenvalue weighted by Gasteiger charge is 2.09. The van der Waals surface area contributed by atoms with Crippen molar-refractivity contribution >= 4 is 17.0 Å². The first-order valence-electron chi connectivity index (χ1n) is 5.16. The second kappa shape index (κ2) is 3.55. The van der Waals surface area contributed by atoms with Gasteiger partial charge in [0.05, 0.1) is 19.1 Å². The number of H-pyrrole nitrogens is 1. The zero-order valence-electron chi connectivity index (χ0n) is 9.25. The highest BCUT2D eigenvalue weighted by atomic mass is 15.1. The molecule has 7 heteroatoms. The van der Waals surface area contributed by atoms with Gasteiger partial charge < -0.3 is 10.3 Å². The zero-order valence-corrected chi connectivity index (χ0v) is 9.25. The third-order valence-corrected chi connectivity index (χ3v) is 2.70. The molecule has 0 aliphatic carbocycles. The average molecular weight is 229 g/mol. The molecule has 0 aliphatic rings. The van der Waals surface area contributed by atoms with Crippen molar-refractivity contribution < 1.29 is 0 Å². The highest BCUT2D eigenvalue weighted by Crippen LogP contribution is 2.16. The fraction of sp³-hybridized carbons (Fsp3) is 0.200. The van der Waals surface area contributed by atoms with Gasteiger partial charge in [0, 0.05) is 11.3 Å². The average Bonchev–Trinajstić information content (AvgIpc) is 2.89. The Morgan fingerprint density at radius 2 is 2.24 bits per heavy atom. The molecule has 0 bridgehead atoms. The summed E-state index contributed by atoms with van der Waals surface area (Å²) >= 11 is 0. The smallest absolute Gasteiger partial charge is 0.165 e. The summed E-state index contributed by atoms with van der Waals surface area (Å²) < 4.78 is 1.92. The van der Waals surface area contributed by atoms with Crippen LogP contribution in [0.4, 0.5) is 5.82 Å². The largest absolute Gasteiger partial charge is 0.382 e. The van der Waals surface area contributed by atoms with E-state index in [2.05, 4.69) is 25.1 Å². The number of nitrogen functional groups attached to an aromatic ring is 1. The summed E-state index contributed by atoms with van der Waals surface area (Å²) in [5.41, 5.74) is 9.23. The zero-order chi connectivity index (χ0) is 11.8. The summed E-state index contributed by atoms with van der Waals surface area (Å²) in [5, 5.41) is 6.88. The van der Waals surface area contributed by atoms with Gasteiger partial charge in [0.1, 0.15) is 11.8 Å². The molecule has 0 radical (unpaired) electrons. The molecule has 3 N–H and O–H groups in total. The van der Waals surface area contributed by atoms with Gasteiger partial charge in [-0.2, -0.15) is 5.10 Å². The third kappa shape index (κ3) is 1.52. The van der Waals surface area contributed by atoms with E-state index >= 15 is 0 Å². The molecular formula is C10H11N7. The van der Waals surface area contributed by atoms with Crippen LogP contribution in [0.2, 0.25) is 0 Å². The number of fused-ring (bicyclic) bond motifs is 1. The van der Waals surface area contributed by atoms with E-state index in [1.54, 1.807) is 12.5 Å². The van der Waals surface area contributed by atoms with Gasteiger partial charge in [-0.1, -0.05) is 0 Å². The SMILES string of the molecule is Cc1[nH]ncc1Cn1cnc2c(N)ncnc21. The summed E-state index contributed by atoms with van der Waals surface area (Å²) in [6.07, 6.45) is 4.95. The van der Waals surface area contributed by atoms with Crippen LogP contribution in [-0.4, -0.2) is 29.7 Å². The topological polar surface area (TPSA) is 98.3 Å². The number of imidazole rings is 1. The van der Waals surface area contributed by atoms with Gasteiger partial charge in [-0.25, -0.2) is 15.0 Å². The molecular weight excluding hydrogens is 218 g/mol. The van der Waals surface area contributed by atoms with Gasteiger partial charge in [-0.3, -0.25) is 5.10 Å². The second-order valence-electron chi connectivity index (χ2n) is 3.82. The van der Waals surface area contributed by atoms with Crippen LogP contribution in [0.1, 0.15) is 11.3 Å². The molecule has 0 spiro atoms. The Balaban J connectivity index is 2.07. The first-order chi connectivity index (χ1) is 8.25. The molecule has 0 amide bonds. The van der Waals surface area contributed by atoms with Gasteiger partial charge >= 0.3 is 0 Å². The van der Waals surface area contributed by atoms with Gasteiger partial charge in [0.2, 0.25) is 0 Å². The Hall–Kier alpha value is -2.44. The molecule has 0 saturated carbocycles. The predicted octanol–water partition coefficient (Wildman–Crippen LogP) is 0.488. The minimum atomic E-state index is 0.401. The molecule has 0 unspecified atom stereocenters. The molecule has 7 nitrogen and oxygen atoms in total. The van der Waals surface area contributed by atoms with Crippen LogP contribution in [0.5, 0.6) is 0 Å². The van der Waals surface area contributed by atoms with Crippen LogP contribution in [0.3, 0.4) is 0 Å². The fourth-order valence-electron chi connectivity index (χ4n) is 1.73. The lowest BCUT2D eigenvalue weighted by atomic mass is 10.2. The molecule has 86 valence electrons. The van der Waals surface area contributed by atoms with E-state index in [4.69, 9.17) is 5.73 Å². The van der Waals surface area contributed by atoms with E-state index in [1.165, 1.54) is 6.33 Å². The van der Waals surface area contributed by atoms with Crippen molar-refractivity contribution in [2.75, 3.05) is 5.73 Å². The fourth-order valence-corrected chi connectivity index (χ4v) is 1.73. The molecule has 0 atom stereocenters. The van der Waals surface area contributed by atoms with Gasteiger partial charge in [-0.05, 0) is 6.92 Å². The van der Waals surface area contributed by atoms with E-state index < -0.39 is 0 Å². The number of aryl methyl sites for hydroxylation is 1. The standard InChI is InChI=1S/C10H11N7/c1-6-7(2-15-16-6)3-17-5-14-8-9(11)12-4-13-10(8)17/h2,4-5H,3H2,1H3,(H,15,16)(H2,11,12,13). The van der Waals surface area contributed by atoms with Crippen LogP contribution in [-0.2, 0) is 6.54 Å². The Morgan fingerprint density at radius 1 is 1.35 bits per heavy atom. The van der Waals surface area contributed by atoms with Gasteiger partial charge in [-0.15, -0.1) is 0 Å². The molecule has 3 heterocycles. The first-order valence-corrected chi connectivity index (χ1v) is 5.16. The molecule has 3 rings (SSSR count). The Labute approximate surface area is 96.7 Å². The lowest BCUT2D eigenvalue weighted by molar-refractivity contribution is 0.808. The number of hydrogen-bond donors (Lipinski definition) is 2. The number of aromatic nitrogens is 6. The monoisotopic (exact) mass is 229 g/mol. The maximum atomic E-state index is 5.73. The minimum absolute atomic E-state index is 0.401. The lowest BCUT2D eigenvalue weighted by Crippen LogP contribution is -2.01. The first kappa shape index (κ1) is 9.76. The number of anilines is 1. The predicted molar refractivity (Wildman–Crippen MR) is 62.2 cm³/mol. The van der Waals surface area contributed by atoms with Crippen LogP contribution in [0, 0.1) is 6.92 Å². The molecule has 3 aromatic rings. The van der Waals surface area contributed by atoms with E-state index in [0.717, 1.165) is 16.9 Å². The number of nitrogens with zero attached hydrogens (tertiary/aromatic N) is 5. The molecule has 17 heavy (non-hydrogen) atoms. The maximum absolute atomic E-state index is 5.73. The quantitative estimate of drug-likeness (QED) is 0.666. The second-order valence-corrected chi connectivity index (χ2v) is 3.82. The van der Waals surface area contributed by atoms with E-state index in [0.29, 0.717) is 17.9 Å². The van der Waals surface area contributed by atoms with Crippen molar-refractivity contribution in [1.29, 1.82) is 0 Å². The third-order valence-electron chi connectivity index (χ3n) is 2.70. The molecule has 0 aromatic carbocycles. The number of hydrogen-bond acceptors (Lipinski definition) is 5. The molecule has 3 aromatic heterocycles. The summed E-state index contributed by atoms with van der Waals surface area (Å²) in [6.45, 7) is 2.64. The lowest BCUT2D eigenvalue weighted by Gasteiger charge is -2.02. The van der Waals surface area contributed by atoms with Crippen molar-refractivity contribution in [3.05, 3.63) is 30.1 Å². The summed E-state index contributed by atoms with van der Waals surface area (Å²) in [7, 11) is 0. The van der Waals surface area contributed by atoms with E-state index in [9.17, 15) is 0 Å². The van der Waals surface area contributed by atoms with Crippen LogP contribution in [0.15, 0.2) is 18.9 Å². The van der Waals surface area contributed by atoms with Crippen LogP contribution >= 0.6 is 0 Å². The number of nitrogens with two attached hydrogens (primary N) is 1. The molecule has 0 fully saturated rings. The van der Waals surface area contributed by atoms with Crippen LogP contribution in [0.25, 0.3) is 11.2 Å². The molecule has 0 saturated heterocycles. The van der Waals surface area contributed by atoms with Crippen molar-refractivity contribution in [2.24, 2.45) is 0 Å².